The molecule has 0 aromatic heterocycles. The van der Waals surface area contributed by atoms with E-state index in [1.54, 1.807) is 13.1 Å². The molecule has 1 fully saturated rings. The highest BCUT2D eigenvalue weighted by molar-refractivity contribution is 7.91. The average molecular weight is 321 g/mol. The Kier molecular flexibility index (Phi) is 4.63. The summed E-state index contributed by atoms with van der Waals surface area (Å²) in [4.78, 5) is 0. The Hall–Kier alpha value is -1.08. The summed E-state index contributed by atoms with van der Waals surface area (Å²) in [7, 11) is -1.42. The van der Waals surface area contributed by atoms with Gasteiger partial charge in [0.05, 0.1) is 17.1 Å². The van der Waals surface area contributed by atoms with Gasteiger partial charge >= 0.3 is 6.18 Å². The Morgan fingerprint density at radius 2 is 2.00 bits per heavy atom. The van der Waals surface area contributed by atoms with Crippen LogP contribution in [0.5, 0.6) is 0 Å². The molecule has 21 heavy (non-hydrogen) atoms. The number of rotatable bonds is 4. The summed E-state index contributed by atoms with van der Waals surface area (Å²) in [6.45, 7) is 0. The zero-order valence-corrected chi connectivity index (χ0v) is 12.5. The fourth-order valence-electron chi connectivity index (χ4n) is 2.85. The van der Waals surface area contributed by atoms with E-state index >= 15 is 0 Å². The van der Waals surface area contributed by atoms with E-state index in [4.69, 9.17) is 0 Å². The highest BCUT2D eigenvalue weighted by atomic mass is 32.2. The molecular formula is C14H18F3NO2S. The second-order valence-electron chi connectivity index (χ2n) is 5.43. The Balaban J connectivity index is 2.23. The quantitative estimate of drug-likeness (QED) is 0.927. The molecule has 0 spiro atoms. The van der Waals surface area contributed by atoms with Gasteiger partial charge in [-0.2, -0.15) is 13.2 Å². The fraction of sp³-hybridized carbons (Fsp3) is 0.571. The van der Waals surface area contributed by atoms with Gasteiger partial charge in [-0.1, -0.05) is 18.2 Å². The fourth-order valence-corrected chi connectivity index (χ4v) is 4.73. The molecule has 1 aromatic carbocycles. The summed E-state index contributed by atoms with van der Waals surface area (Å²) < 4.78 is 62.1. The van der Waals surface area contributed by atoms with Crippen molar-refractivity contribution < 1.29 is 21.6 Å². The molecule has 1 aliphatic heterocycles. The normalized spacial score (nSPS) is 23.1. The van der Waals surface area contributed by atoms with E-state index in [-0.39, 0.29) is 23.0 Å². The number of benzene rings is 1. The number of hydrogen-bond donors (Lipinski definition) is 1. The number of hydrogen-bond acceptors (Lipinski definition) is 3. The van der Waals surface area contributed by atoms with Gasteiger partial charge in [0.15, 0.2) is 9.84 Å². The van der Waals surface area contributed by atoms with Gasteiger partial charge in [-0.3, -0.25) is 0 Å². The lowest BCUT2D eigenvalue weighted by molar-refractivity contribution is -0.138. The molecule has 2 atom stereocenters. The van der Waals surface area contributed by atoms with Gasteiger partial charge in [-0.05, 0) is 37.4 Å². The first-order valence-electron chi connectivity index (χ1n) is 6.77. The molecule has 0 aliphatic carbocycles. The summed E-state index contributed by atoms with van der Waals surface area (Å²) in [6, 6.07) is 4.94. The molecule has 1 saturated heterocycles. The Labute approximate surface area is 122 Å². The molecule has 1 N–H and O–H groups in total. The predicted octanol–water partition coefficient (Wildman–Crippen LogP) is 2.79. The molecule has 1 heterocycles. The van der Waals surface area contributed by atoms with Crippen LogP contribution in [0, 0.1) is 5.92 Å². The van der Waals surface area contributed by atoms with E-state index in [0.29, 0.717) is 12.8 Å². The molecule has 7 heteroatoms. The minimum Gasteiger partial charge on any atom is -0.313 e. The van der Waals surface area contributed by atoms with Gasteiger partial charge in [0.25, 0.3) is 0 Å². The average Bonchev–Trinajstić information content (AvgIpc) is 2.74. The van der Waals surface area contributed by atoms with Gasteiger partial charge in [0.1, 0.15) is 0 Å². The summed E-state index contributed by atoms with van der Waals surface area (Å²) in [5.74, 6) is 0.114. The zero-order valence-electron chi connectivity index (χ0n) is 11.7. The molecule has 0 radical (unpaired) electrons. The van der Waals surface area contributed by atoms with E-state index in [1.807, 2.05) is 0 Å². The number of sulfone groups is 1. The zero-order chi connectivity index (χ0) is 15.7. The SMILES string of the molecule is CNC(CC1CCS(=O)(=O)C1)c1ccccc1C(F)(F)F. The highest BCUT2D eigenvalue weighted by Crippen LogP contribution is 2.37. The van der Waals surface area contributed by atoms with Crippen LogP contribution in [-0.2, 0) is 16.0 Å². The van der Waals surface area contributed by atoms with Crippen LogP contribution >= 0.6 is 0 Å². The van der Waals surface area contributed by atoms with Gasteiger partial charge in [-0.25, -0.2) is 8.42 Å². The number of nitrogens with one attached hydrogen (secondary N) is 1. The van der Waals surface area contributed by atoms with Crippen LogP contribution < -0.4 is 5.32 Å². The lowest BCUT2D eigenvalue weighted by atomic mass is 9.91. The third-order valence-corrected chi connectivity index (χ3v) is 5.72. The van der Waals surface area contributed by atoms with Gasteiger partial charge in [-0.15, -0.1) is 0 Å². The van der Waals surface area contributed by atoms with Crippen molar-refractivity contribution in [2.24, 2.45) is 5.92 Å². The van der Waals surface area contributed by atoms with Crippen molar-refractivity contribution in [1.29, 1.82) is 0 Å². The van der Waals surface area contributed by atoms with Crippen molar-refractivity contribution in [3.63, 3.8) is 0 Å². The van der Waals surface area contributed by atoms with Crippen molar-refractivity contribution in [3.8, 4) is 0 Å². The first-order chi connectivity index (χ1) is 9.73. The summed E-state index contributed by atoms with van der Waals surface area (Å²) in [6.07, 6.45) is -3.50. The third kappa shape index (κ3) is 3.97. The van der Waals surface area contributed by atoms with E-state index in [0.717, 1.165) is 6.07 Å². The van der Waals surface area contributed by atoms with Gasteiger partial charge < -0.3 is 5.32 Å². The Morgan fingerprint density at radius 1 is 1.33 bits per heavy atom. The highest BCUT2D eigenvalue weighted by Gasteiger charge is 2.36. The van der Waals surface area contributed by atoms with Crippen molar-refractivity contribution in [2.45, 2.75) is 25.1 Å². The topological polar surface area (TPSA) is 46.2 Å². The molecule has 0 saturated carbocycles. The number of halogens is 3. The summed E-state index contributed by atoms with van der Waals surface area (Å²) >= 11 is 0. The Bertz CT molecular complexity index is 598. The molecule has 2 rings (SSSR count). The van der Waals surface area contributed by atoms with Crippen LogP contribution in [-0.4, -0.2) is 27.0 Å². The largest absolute Gasteiger partial charge is 0.416 e. The van der Waals surface area contributed by atoms with E-state index in [9.17, 15) is 21.6 Å². The lowest BCUT2D eigenvalue weighted by Gasteiger charge is -2.23. The molecule has 3 nitrogen and oxygen atoms in total. The van der Waals surface area contributed by atoms with E-state index in [2.05, 4.69) is 5.32 Å². The van der Waals surface area contributed by atoms with Crippen LogP contribution in [0.3, 0.4) is 0 Å². The molecule has 118 valence electrons. The molecule has 0 amide bonds. The van der Waals surface area contributed by atoms with E-state index in [1.165, 1.54) is 12.1 Å². The van der Waals surface area contributed by atoms with Crippen LogP contribution in [0.4, 0.5) is 13.2 Å². The minimum atomic E-state index is -4.41. The predicted molar refractivity (Wildman–Crippen MR) is 74.6 cm³/mol. The molecule has 1 aliphatic rings. The van der Waals surface area contributed by atoms with Crippen LogP contribution in [0.25, 0.3) is 0 Å². The molecule has 1 aromatic rings. The van der Waals surface area contributed by atoms with Crippen molar-refractivity contribution in [3.05, 3.63) is 35.4 Å². The van der Waals surface area contributed by atoms with E-state index < -0.39 is 27.6 Å². The second kappa shape index (κ2) is 5.96. The minimum absolute atomic E-state index is 0.0688. The maximum Gasteiger partial charge on any atom is 0.416 e. The maximum atomic E-state index is 13.1. The smallest absolute Gasteiger partial charge is 0.313 e. The van der Waals surface area contributed by atoms with Crippen LogP contribution in [0.2, 0.25) is 0 Å². The lowest BCUT2D eigenvalue weighted by Crippen LogP contribution is -2.23. The Morgan fingerprint density at radius 3 is 2.52 bits per heavy atom. The standard InChI is InChI=1S/C14H18F3NO2S/c1-18-13(8-10-6-7-21(19,20)9-10)11-4-2-3-5-12(11)14(15,16)17/h2-5,10,13,18H,6-9H2,1H3. The number of alkyl halides is 3. The third-order valence-electron chi connectivity index (χ3n) is 3.89. The van der Waals surface area contributed by atoms with Gasteiger partial charge in [0, 0.05) is 6.04 Å². The second-order valence-corrected chi connectivity index (χ2v) is 7.66. The first kappa shape index (κ1) is 16.3. The molecule has 2 unspecified atom stereocenters. The summed E-state index contributed by atoms with van der Waals surface area (Å²) in [5, 5.41) is 2.89. The van der Waals surface area contributed by atoms with Gasteiger partial charge in [0.2, 0.25) is 0 Å². The van der Waals surface area contributed by atoms with Crippen molar-refractivity contribution >= 4 is 9.84 Å². The van der Waals surface area contributed by atoms with Crippen LogP contribution in [0.1, 0.15) is 30.0 Å². The van der Waals surface area contributed by atoms with Crippen molar-refractivity contribution in [1.82, 2.24) is 5.32 Å². The summed E-state index contributed by atoms with van der Waals surface area (Å²) in [5.41, 5.74) is -0.484. The monoisotopic (exact) mass is 321 g/mol. The molecular weight excluding hydrogens is 303 g/mol. The first-order valence-corrected chi connectivity index (χ1v) is 8.59. The van der Waals surface area contributed by atoms with Crippen molar-refractivity contribution in [2.75, 3.05) is 18.6 Å². The molecule has 0 bridgehead atoms. The van der Waals surface area contributed by atoms with Crippen LogP contribution in [0.15, 0.2) is 24.3 Å². The maximum absolute atomic E-state index is 13.1.